The minimum Gasteiger partial charge on any atom is -0.0986 e. The van der Waals surface area contributed by atoms with Crippen LogP contribution in [0.25, 0.3) is 0 Å². The summed E-state index contributed by atoms with van der Waals surface area (Å²) in [5, 5.41) is 0. The topological polar surface area (TPSA) is 0 Å². The first-order valence-corrected chi connectivity index (χ1v) is 6.18. The maximum Gasteiger partial charge on any atom is 0.0255 e. The van der Waals surface area contributed by atoms with Crippen molar-refractivity contribution < 1.29 is 0 Å². The van der Waals surface area contributed by atoms with Gasteiger partial charge in [-0.3, -0.25) is 0 Å². The summed E-state index contributed by atoms with van der Waals surface area (Å²) in [5.74, 6) is 1.74. The van der Waals surface area contributed by atoms with Crippen LogP contribution in [-0.4, -0.2) is 0 Å². The van der Waals surface area contributed by atoms with E-state index in [9.17, 15) is 0 Å². The van der Waals surface area contributed by atoms with Crippen LogP contribution in [0.5, 0.6) is 0 Å². The monoisotopic (exact) mass is 210 g/mol. The molecule has 16 heavy (non-hydrogen) atoms. The van der Waals surface area contributed by atoms with Crippen molar-refractivity contribution in [1.82, 2.24) is 0 Å². The number of hydrogen-bond donors (Lipinski definition) is 0. The van der Waals surface area contributed by atoms with Gasteiger partial charge in [0.05, 0.1) is 0 Å². The van der Waals surface area contributed by atoms with Crippen LogP contribution in [0.3, 0.4) is 0 Å². The Morgan fingerprint density at radius 1 is 0.938 bits per heavy atom. The quantitative estimate of drug-likeness (QED) is 0.569. The molecule has 0 aromatic rings. The van der Waals surface area contributed by atoms with E-state index >= 15 is 0 Å². The van der Waals surface area contributed by atoms with Crippen LogP contribution in [0.1, 0.15) is 19.3 Å². The minimum atomic E-state index is 0.439. The molecule has 0 amide bonds. The highest BCUT2D eigenvalue weighted by molar-refractivity contribution is 5.46. The zero-order chi connectivity index (χ0) is 11.1. The van der Waals surface area contributed by atoms with E-state index in [4.69, 9.17) is 0 Å². The van der Waals surface area contributed by atoms with Gasteiger partial charge in [-0.05, 0) is 36.7 Å². The molecule has 3 aliphatic rings. The zero-order valence-corrected chi connectivity index (χ0v) is 9.65. The average Bonchev–Trinajstić information content (AvgIpc) is 2.89. The highest BCUT2D eigenvalue weighted by atomic mass is 14.4. The predicted octanol–water partition coefficient (Wildman–Crippen LogP) is 4.20. The lowest BCUT2D eigenvalue weighted by molar-refractivity contribution is 0.466. The van der Waals surface area contributed by atoms with Crippen molar-refractivity contribution in [1.29, 1.82) is 0 Å². The van der Waals surface area contributed by atoms with E-state index in [0.29, 0.717) is 17.8 Å². The summed E-state index contributed by atoms with van der Waals surface area (Å²) in [4.78, 5) is 0. The second-order valence-electron chi connectivity index (χ2n) is 5.08. The Kier molecular flexibility index (Phi) is 2.24. The van der Waals surface area contributed by atoms with E-state index in [1.54, 1.807) is 0 Å². The third-order valence-corrected chi connectivity index (χ3v) is 4.26. The van der Waals surface area contributed by atoms with E-state index in [-0.39, 0.29) is 0 Å². The number of fused-ring (bicyclic) bond motifs is 1. The number of hydrogen-bond acceptors (Lipinski definition) is 0. The van der Waals surface area contributed by atoms with Crippen molar-refractivity contribution in [2.24, 2.45) is 17.8 Å². The molecule has 2 unspecified atom stereocenters. The van der Waals surface area contributed by atoms with Gasteiger partial charge in [-0.2, -0.15) is 0 Å². The lowest BCUT2D eigenvalue weighted by Crippen LogP contribution is -2.11. The van der Waals surface area contributed by atoms with Crippen LogP contribution in [0, 0.1) is 17.8 Å². The molecule has 0 N–H and O–H groups in total. The second kappa shape index (κ2) is 3.62. The molecule has 1 saturated carbocycles. The molecule has 0 saturated heterocycles. The van der Waals surface area contributed by atoms with E-state index in [1.807, 2.05) is 0 Å². The van der Waals surface area contributed by atoms with Gasteiger partial charge in [0.1, 0.15) is 0 Å². The third kappa shape index (κ3) is 1.29. The molecule has 0 radical (unpaired) electrons. The van der Waals surface area contributed by atoms with Gasteiger partial charge in [0.25, 0.3) is 0 Å². The molecule has 0 bridgehead atoms. The molecule has 3 rings (SSSR count). The fourth-order valence-electron chi connectivity index (χ4n) is 3.42. The van der Waals surface area contributed by atoms with Crippen molar-refractivity contribution in [3.05, 3.63) is 60.3 Å². The van der Waals surface area contributed by atoms with Crippen molar-refractivity contribution in [3.8, 4) is 0 Å². The van der Waals surface area contributed by atoms with Gasteiger partial charge in [-0.15, -0.1) is 0 Å². The fourth-order valence-corrected chi connectivity index (χ4v) is 3.42. The summed E-state index contributed by atoms with van der Waals surface area (Å²) in [6.45, 7) is 8.69. The average molecular weight is 210 g/mol. The maximum atomic E-state index is 4.35. The molecule has 0 aromatic carbocycles. The number of allylic oxidation sites excluding steroid dienone is 8. The molecule has 0 aliphatic heterocycles. The van der Waals surface area contributed by atoms with Gasteiger partial charge in [0.2, 0.25) is 0 Å². The van der Waals surface area contributed by atoms with Gasteiger partial charge in [-0.25, -0.2) is 0 Å². The Labute approximate surface area is 97.7 Å². The van der Waals surface area contributed by atoms with Crippen LogP contribution in [0.15, 0.2) is 60.3 Å². The molecule has 0 nitrogen and oxygen atoms in total. The first-order chi connectivity index (χ1) is 7.79. The van der Waals surface area contributed by atoms with Gasteiger partial charge >= 0.3 is 0 Å². The van der Waals surface area contributed by atoms with Crippen LogP contribution >= 0.6 is 0 Å². The summed E-state index contributed by atoms with van der Waals surface area (Å²) in [6.07, 6.45) is 14.8. The van der Waals surface area contributed by atoms with E-state index in [1.165, 1.54) is 16.7 Å². The van der Waals surface area contributed by atoms with Crippen molar-refractivity contribution in [2.45, 2.75) is 19.3 Å². The molecule has 1 fully saturated rings. The van der Waals surface area contributed by atoms with Crippen LogP contribution in [0.4, 0.5) is 0 Å². The summed E-state index contributed by atoms with van der Waals surface area (Å²) in [5.41, 5.74) is 4.23. The van der Waals surface area contributed by atoms with Gasteiger partial charge in [-0.1, -0.05) is 54.7 Å². The Morgan fingerprint density at radius 3 is 2.06 bits per heavy atom. The standard InChI is InChI=1S/C16H18/c1-11-14-9-5-6-10-15(14)12(2)16(11)13-7-3-4-8-13/h3,5-8,14-16H,1-2,4,9-10H2. The van der Waals surface area contributed by atoms with E-state index in [2.05, 4.69) is 43.5 Å². The van der Waals surface area contributed by atoms with Gasteiger partial charge in [0, 0.05) is 5.92 Å². The Balaban J connectivity index is 1.95. The molecule has 0 aromatic heterocycles. The van der Waals surface area contributed by atoms with Gasteiger partial charge < -0.3 is 0 Å². The summed E-state index contributed by atoms with van der Waals surface area (Å²) in [6, 6.07) is 0. The lowest BCUT2D eigenvalue weighted by Gasteiger charge is -2.21. The summed E-state index contributed by atoms with van der Waals surface area (Å²) in [7, 11) is 0. The smallest absolute Gasteiger partial charge is 0.0255 e. The molecule has 0 heterocycles. The van der Waals surface area contributed by atoms with E-state index < -0.39 is 0 Å². The predicted molar refractivity (Wildman–Crippen MR) is 69.0 cm³/mol. The van der Waals surface area contributed by atoms with Crippen molar-refractivity contribution in [3.63, 3.8) is 0 Å². The fraction of sp³-hybridized carbons (Fsp3) is 0.375. The molecule has 2 atom stereocenters. The van der Waals surface area contributed by atoms with E-state index in [0.717, 1.165) is 19.3 Å². The largest absolute Gasteiger partial charge is 0.0986 e. The first-order valence-electron chi connectivity index (χ1n) is 6.18. The lowest BCUT2D eigenvalue weighted by atomic mass is 9.83. The van der Waals surface area contributed by atoms with Crippen LogP contribution < -0.4 is 0 Å². The highest BCUT2D eigenvalue weighted by Gasteiger charge is 2.41. The second-order valence-corrected chi connectivity index (χ2v) is 5.08. The molecule has 82 valence electrons. The van der Waals surface area contributed by atoms with Crippen LogP contribution in [-0.2, 0) is 0 Å². The van der Waals surface area contributed by atoms with Crippen LogP contribution in [0.2, 0.25) is 0 Å². The molecular formula is C16H18. The van der Waals surface area contributed by atoms with Crippen molar-refractivity contribution in [2.75, 3.05) is 0 Å². The SMILES string of the molecule is C=C1C(C2=CCC=C2)C(=C)C2CC=CCC12. The molecule has 3 aliphatic carbocycles. The third-order valence-electron chi connectivity index (χ3n) is 4.26. The summed E-state index contributed by atoms with van der Waals surface area (Å²) >= 11 is 0. The highest BCUT2D eigenvalue weighted by Crippen LogP contribution is 2.52. The Morgan fingerprint density at radius 2 is 1.56 bits per heavy atom. The minimum absolute atomic E-state index is 0.439. The molecular weight excluding hydrogens is 192 g/mol. The zero-order valence-electron chi connectivity index (χ0n) is 9.65. The summed E-state index contributed by atoms with van der Waals surface area (Å²) < 4.78 is 0. The molecule has 0 spiro atoms. The number of rotatable bonds is 1. The van der Waals surface area contributed by atoms with Crippen molar-refractivity contribution >= 4 is 0 Å². The Bertz CT molecular complexity index is 405. The van der Waals surface area contributed by atoms with Gasteiger partial charge in [0.15, 0.2) is 0 Å². The first kappa shape index (κ1) is 9.89. The molecule has 0 heteroatoms. The maximum absolute atomic E-state index is 4.35. The Hall–Kier alpha value is -1.30. The normalized spacial score (nSPS) is 36.8.